The van der Waals surface area contributed by atoms with E-state index in [2.05, 4.69) is 5.32 Å². The summed E-state index contributed by atoms with van der Waals surface area (Å²) >= 11 is 6.28. The molecule has 1 heterocycles. The minimum Gasteiger partial charge on any atom is -0.495 e. The number of carbonyl (C=O) groups excluding carboxylic acids is 3. The van der Waals surface area contributed by atoms with Crippen molar-refractivity contribution < 1.29 is 19.1 Å². The molecule has 1 N–H and O–H groups in total. The van der Waals surface area contributed by atoms with E-state index in [0.29, 0.717) is 29.0 Å². The van der Waals surface area contributed by atoms with E-state index in [-0.39, 0.29) is 34.2 Å². The van der Waals surface area contributed by atoms with Gasteiger partial charge in [-0.2, -0.15) is 0 Å². The summed E-state index contributed by atoms with van der Waals surface area (Å²) in [5.41, 5.74) is 1.10. The van der Waals surface area contributed by atoms with E-state index in [1.807, 2.05) is 0 Å². The molecule has 5 rings (SSSR count). The fourth-order valence-corrected chi connectivity index (χ4v) is 5.63. The fraction of sp³-hybridized carbons (Fsp3) is 0.348. The van der Waals surface area contributed by atoms with Gasteiger partial charge in [0.1, 0.15) is 5.75 Å². The molecule has 1 aliphatic heterocycles. The van der Waals surface area contributed by atoms with Gasteiger partial charge in [-0.3, -0.25) is 19.3 Å². The number of anilines is 2. The van der Waals surface area contributed by atoms with Crippen molar-refractivity contribution in [2.45, 2.75) is 19.3 Å². The van der Waals surface area contributed by atoms with E-state index < -0.39 is 5.91 Å². The van der Waals surface area contributed by atoms with Gasteiger partial charge in [0.05, 0.1) is 40.9 Å². The topological polar surface area (TPSA) is 75.7 Å². The number of methoxy groups -OCH3 is 1. The van der Waals surface area contributed by atoms with Crippen molar-refractivity contribution in [1.29, 1.82) is 0 Å². The molecule has 2 aliphatic carbocycles. The number of fused-ring (bicyclic) bond motifs is 5. The van der Waals surface area contributed by atoms with Crippen molar-refractivity contribution >= 4 is 40.7 Å². The van der Waals surface area contributed by atoms with Crippen LogP contribution in [0.1, 0.15) is 29.6 Å². The maximum absolute atomic E-state index is 13.1. The summed E-state index contributed by atoms with van der Waals surface area (Å²) in [6, 6.07) is 11.7. The Kier molecular flexibility index (Phi) is 4.54. The summed E-state index contributed by atoms with van der Waals surface area (Å²) in [6.07, 6.45) is 3.02. The maximum atomic E-state index is 13.1. The quantitative estimate of drug-likeness (QED) is 0.748. The fourth-order valence-electron chi connectivity index (χ4n) is 5.43. The van der Waals surface area contributed by atoms with Gasteiger partial charge in [-0.05, 0) is 61.4 Å². The van der Waals surface area contributed by atoms with Gasteiger partial charge in [-0.1, -0.05) is 23.7 Å². The molecule has 4 atom stereocenters. The number of halogens is 1. The van der Waals surface area contributed by atoms with Crippen molar-refractivity contribution in [2.24, 2.45) is 23.7 Å². The second kappa shape index (κ2) is 7.13. The van der Waals surface area contributed by atoms with E-state index in [1.54, 1.807) is 36.4 Å². The van der Waals surface area contributed by atoms with Gasteiger partial charge in [0, 0.05) is 0 Å². The molecular formula is C23H21ClN2O4. The minimum atomic E-state index is -0.439. The first kappa shape index (κ1) is 19.1. The lowest BCUT2D eigenvalue weighted by atomic mass is 9.81. The zero-order chi connectivity index (χ0) is 21.0. The van der Waals surface area contributed by atoms with Crippen LogP contribution in [0.2, 0.25) is 5.02 Å². The first-order chi connectivity index (χ1) is 14.5. The van der Waals surface area contributed by atoms with Gasteiger partial charge in [-0.15, -0.1) is 0 Å². The maximum Gasteiger partial charge on any atom is 0.257 e. The molecule has 30 heavy (non-hydrogen) atoms. The largest absolute Gasteiger partial charge is 0.495 e. The number of ether oxygens (including phenoxy) is 1. The first-order valence-corrected chi connectivity index (χ1v) is 10.5. The molecule has 2 saturated carbocycles. The SMILES string of the molecule is COc1ccccc1NC(=O)c1cc(N2C(=O)[C@@H]3[C@H]4CC[C@@H](C4)[C@@H]3C2=O)ccc1Cl. The molecule has 0 unspecified atom stereocenters. The summed E-state index contributed by atoms with van der Waals surface area (Å²) in [5.74, 6) is -0.0112. The van der Waals surface area contributed by atoms with Crippen molar-refractivity contribution in [3.05, 3.63) is 53.1 Å². The number of carbonyl (C=O) groups is 3. The number of benzene rings is 2. The van der Waals surface area contributed by atoms with Crippen LogP contribution in [-0.4, -0.2) is 24.8 Å². The number of hydrogen-bond donors (Lipinski definition) is 1. The van der Waals surface area contributed by atoms with E-state index >= 15 is 0 Å². The minimum absolute atomic E-state index is 0.143. The molecule has 6 nitrogen and oxygen atoms in total. The Hall–Kier alpha value is -2.86. The Bertz CT molecular complexity index is 1040. The molecular weight excluding hydrogens is 404 g/mol. The average molecular weight is 425 g/mol. The molecule has 3 amide bonds. The summed E-state index contributed by atoms with van der Waals surface area (Å²) in [5, 5.41) is 3.03. The van der Waals surface area contributed by atoms with Crippen LogP contribution < -0.4 is 15.0 Å². The molecule has 0 spiro atoms. The Balaban J connectivity index is 1.45. The van der Waals surface area contributed by atoms with Crippen LogP contribution in [0.5, 0.6) is 5.75 Å². The first-order valence-electron chi connectivity index (χ1n) is 10.1. The van der Waals surface area contributed by atoms with Gasteiger partial charge in [-0.25, -0.2) is 0 Å². The molecule has 1 saturated heterocycles. The highest BCUT2D eigenvalue weighted by atomic mass is 35.5. The van der Waals surface area contributed by atoms with Crippen molar-refractivity contribution in [2.75, 3.05) is 17.3 Å². The molecule has 0 aromatic heterocycles. The summed E-state index contributed by atoms with van der Waals surface area (Å²) in [6.45, 7) is 0. The number of amides is 3. The molecule has 2 bridgehead atoms. The van der Waals surface area contributed by atoms with Gasteiger partial charge in [0.25, 0.3) is 5.91 Å². The third-order valence-corrected chi connectivity index (χ3v) is 7.06. The third-order valence-electron chi connectivity index (χ3n) is 6.74. The number of rotatable bonds is 4. The van der Waals surface area contributed by atoms with E-state index in [4.69, 9.17) is 16.3 Å². The lowest BCUT2D eigenvalue weighted by Crippen LogP contribution is -2.33. The van der Waals surface area contributed by atoms with E-state index in [0.717, 1.165) is 19.3 Å². The number of nitrogens with one attached hydrogen (secondary N) is 1. The average Bonchev–Trinajstić information content (AvgIpc) is 3.43. The van der Waals surface area contributed by atoms with Crippen molar-refractivity contribution in [3.8, 4) is 5.75 Å². The van der Waals surface area contributed by atoms with Crippen LogP contribution in [0.15, 0.2) is 42.5 Å². The molecule has 2 aromatic rings. The predicted octanol–water partition coefficient (Wildman–Crippen LogP) is 4.14. The highest BCUT2D eigenvalue weighted by Crippen LogP contribution is 2.56. The van der Waals surface area contributed by atoms with Crippen LogP contribution in [0, 0.1) is 23.7 Å². The van der Waals surface area contributed by atoms with Crippen LogP contribution in [-0.2, 0) is 9.59 Å². The third kappa shape index (κ3) is 2.82. The smallest absolute Gasteiger partial charge is 0.257 e. The number of imide groups is 1. The van der Waals surface area contributed by atoms with E-state index in [9.17, 15) is 14.4 Å². The Morgan fingerprint density at radius 2 is 1.73 bits per heavy atom. The lowest BCUT2D eigenvalue weighted by Gasteiger charge is -2.19. The Morgan fingerprint density at radius 3 is 2.40 bits per heavy atom. The molecule has 7 heteroatoms. The van der Waals surface area contributed by atoms with Crippen LogP contribution in [0.3, 0.4) is 0 Å². The van der Waals surface area contributed by atoms with Crippen molar-refractivity contribution in [3.63, 3.8) is 0 Å². The zero-order valence-corrected chi connectivity index (χ0v) is 17.2. The van der Waals surface area contributed by atoms with Crippen molar-refractivity contribution in [1.82, 2.24) is 0 Å². The number of para-hydroxylation sites is 2. The Morgan fingerprint density at radius 1 is 1.07 bits per heavy atom. The van der Waals surface area contributed by atoms with Crippen LogP contribution in [0.4, 0.5) is 11.4 Å². The summed E-state index contributed by atoms with van der Waals surface area (Å²) < 4.78 is 5.27. The molecule has 3 aliphatic rings. The number of hydrogen-bond acceptors (Lipinski definition) is 4. The molecule has 0 radical (unpaired) electrons. The number of nitrogens with zero attached hydrogens (tertiary/aromatic N) is 1. The standard InChI is InChI=1S/C23H21ClN2O4/c1-30-18-5-3-2-4-17(18)25-21(27)15-11-14(8-9-16(15)24)26-22(28)19-12-6-7-13(10-12)20(19)23(26)29/h2-5,8-9,11-13,19-20H,6-7,10H2,1H3,(H,25,27)/t12-,13-,19-,20+/m0/s1. The zero-order valence-electron chi connectivity index (χ0n) is 16.4. The molecule has 3 fully saturated rings. The van der Waals surface area contributed by atoms with Crippen LogP contribution >= 0.6 is 11.6 Å². The van der Waals surface area contributed by atoms with E-state index in [1.165, 1.54) is 18.1 Å². The Labute approximate surface area is 179 Å². The second-order valence-electron chi connectivity index (χ2n) is 8.22. The predicted molar refractivity (Wildman–Crippen MR) is 113 cm³/mol. The van der Waals surface area contributed by atoms with Gasteiger partial charge >= 0.3 is 0 Å². The van der Waals surface area contributed by atoms with Gasteiger partial charge in [0.15, 0.2) is 0 Å². The summed E-state index contributed by atoms with van der Waals surface area (Å²) in [7, 11) is 1.52. The van der Waals surface area contributed by atoms with Crippen LogP contribution in [0.25, 0.3) is 0 Å². The highest BCUT2D eigenvalue weighted by molar-refractivity contribution is 6.35. The lowest BCUT2D eigenvalue weighted by molar-refractivity contribution is -0.123. The highest BCUT2D eigenvalue weighted by Gasteiger charge is 2.61. The summed E-state index contributed by atoms with van der Waals surface area (Å²) in [4.78, 5) is 40.3. The normalized spacial score (nSPS) is 26.8. The second-order valence-corrected chi connectivity index (χ2v) is 8.62. The molecule has 154 valence electrons. The van der Waals surface area contributed by atoms with Gasteiger partial charge < -0.3 is 10.1 Å². The monoisotopic (exact) mass is 424 g/mol. The molecule has 2 aromatic carbocycles. The van der Waals surface area contributed by atoms with Gasteiger partial charge in [0.2, 0.25) is 11.8 Å².